The first-order valence-electron chi connectivity index (χ1n) is 26.0. The van der Waals surface area contributed by atoms with E-state index in [0.717, 1.165) is 106 Å². The number of hydrogen-bond acceptors (Lipinski definition) is 16. The number of anilines is 3. The Morgan fingerprint density at radius 3 is 1.67 bits per heavy atom. The molecule has 0 saturated carbocycles. The Kier molecular flexibility index (Phi) is 26.3. The fourth-order valence-corrected chi connectivity index (χ4v) is 10.3. The first kappa shape index (κ1) is 60.6. The van der Waals surface area contributed by atoms with Gasteiger partial charge in [0.2, 0.25) is 15.4 Å². The second-order valence-corrected chi connectivity index (χ2v) is 22.5. The number of unbranched alkanes of at least 4 members (excludes halogenated alkanes) is 3. The van der Waals surface area contributed by atoms with Crippen LogP contribution in [0.3, 0.4) is 0 Å². The molecule has 3 aromatic heterocycles. The van der Waals surface area contributed by atoms with Gasteiger partial charge in [0.05, 0.1) is 45.5 Å². The normalized spacial score (nSPS) is 11.3. The van der Waals surface area contributed by atoms with Gasteiger partial charge in [-0.05, 0) is 168 Å². The van der Waals surface area contributed by atoms with Crippen LogP contribution in [0, 0.1) is 55.4 Å². The molecule has 73 heavy (non-hydrogen) atoms. The number of aromatic nitrogens is 3. The van der Waals surface area contributed by atoms with Crippen LogP contribution in [0.25, 0.3) is 0 Å². The maximum absolute atomic E-state index is 5.61. The summed E-state index contributed by atoms with van der Waals surface area (Å²) >= 11 is 7.92. The third kappa shape index (κ3) is 18.1. The van der Waals surface area contributed by atoms with Crippen molar-refractivity contribution in [2.45, 2.75) is 148 Å². The predicted octanol–water partition coefficient (Wildman–Crippen LogP) is 19.6. The minimum atomic E-state index is 0.628. The van der Waals surface area contributed by atoms with Gasteiger partial charge in [0, 0.05) is 73.2 Å². The largest absolute Gasteiger partial charge is 0.495 e. The summed E-state index contributed by atoms with van der Waals surface area (Å²) in [6, 6.07) is 10.5. The fourth-order valence-electron chi connectivity index (χ4n) is 8.11. The van der Waals surface area contributed by atoms with Crippen molar-refractivity contribution in [3.8, 4) is 5.75 Å². The van der Waals surface area contributed by atoms with Crippen molar-refractivity contribution >= 4 is 99.5 Å². The number of ether oxygens (including phenoxy) is 1. The van der Waals surface area contributed by atoms with Crippen LogP contribution in [0.5, 0.6) is 5.75 Å². The zero-order valence-electron chi connectivity index (χ0n) is 46.4. The van der Waals surface area contributed by atoms with Gasteiger partial charge in [-0.1, -0.05) is 76.6 Å². The molecule has 0 amide bonds. The monoisotopic (exact) mass is 1110 g/mol. The predicted molar refractivity (Wildman–Crippen MR) is 318 cm³/mol. The molecule has 3 aromatic carbocycles. The van der Waals surface area contributed by atoms with Gasteiger partial charge in [-0.15, -0.1) is 42.0 Å². The van der Waals surface area contributed by atoms with Crippen LogP contribution in [0.4, 0.5) is 49.5 Å². The highest BCUT2D eigenvalue weighted by Gasteiger charge is 2.19. The molecule has 13 nitrogen and oxygen atoms in total. The molecule has 0 N–H and O–H groups in total. The fraction of sp³-hybridized carbons (Fsp3) is 0.518. The number of thiazole rings is 3. The Hall–Kier alpha value is -4.97. The van der Waals surface area contributed by atoms with E-state index in [2.05, 4.69) is 184 Å². The van der Waals surface area contributed by atoms with Gasteiger partial charge < -0.3 is 19.4 Å². The molecular formula is C56H81BrN12OS3. The zero-order valence-corrected chi connectivity index (χ0v) is 50.4. The van der Waals surface area contributed by atoms with E-state index < -0.39 is 0 Å². The van der Waals surface area contributed by atoms with Crippen LogP contribution in [0.15, 0.2) is 82.6 Å². The number of benzene rings is 3. The van der Waals surface area contributed by atoms with Gasteiger partial charge in [-0.2, -0.15) is 0 Å². The highest BCUT2D eigenvalue weighted by Crippen LogP contribution is 2.40. The lowest BCUT2D eigenvalue weighted by Crippen LogP contribution is -2.26. The van der Waals surface area contributed by atoms with Crippen molar-refractivity contribution in [3.63, 3.8) is 0 Å². The summed E-state index contributed by atoms with van der Waals surface area (Å²) in [6.45, 7) is 36.7. The number of aryl methyl sites for hydroxylation is 4. The minimum absolute atomic E-state index is 0.628. The number of hydrogen-bond donors (Lipinski definition) is 0. The third-order valence-electron chi connectivity index (χ3n) is 12.6. The summed E-state index contributed by atoms with van der Waals surface area (Å²) in [7, 11) is 1.70. The van der Waals surface area contributed by atoms with E-state index in [1.165, 1.54) is 99.7 Å². The van der Waals surface area contributed by atoms with Crippen LogP contribution in [-0.2, 0) is 0 Å². The topological polar surface area (TPSA) is 132 Å². The van der Waals surface area contributed by atoms with Crippen molar-refractivity contribution in [1.29, 1.82) is 0 Å². The lowest BCUT2D eigenvalue weighted by atomic mass is 9.95. The quantitative estimate of drug-likeness (QED) is 0.0551. The van der Waals surface area contributed by atoms with Crippen molar-refractivity contribution in [3.05, 3.63) is 95.8 Å². The number of halogens is 1. The van der Waals surface area contributed by atoms with Crippen molar-refractivity contribution in [1.82, 2.24) is 15.0 Å². The van der Waals surface area contributed by atoms with E-state index >= 15 is 0 Å². The Balaban J connectivity index is 0.000000238. The van der Waals surface area contributed by atoms with Gasteiger partial charge in [0.15, 0.2) is 0 Å². The maximum Gasteiger partial charge on any atom is 0.230 e. The van der Waals surface area contributed by atoms with E-state index in [-0.39, 0.29) is 0 Å². The van der Waals surface area contributed by atoms with Crippen LogP contribution >= 0.6 is 49.9 Å². The van der Waals surface area contributed by atoms with Gasteiger partial charge in [0.25, 0.3) is 0 Å². The Bertz CT molecular complexity index is 2630. The summed E-state index contributed by atoms with van der Waals surface area (Å²) < 4.78 is 6.55. The van der Waals surface area contributed by atoms with Gasteiger partial charge in [-0.25, -0.2) is 15.0 Å². The molecule has 6 aromatic rings. The molecule has 0 aliphatic carbocycles. The molecule has 3 heterocycles. The standard InChI is InChI=1S/C21H32N4S.C18H26N4S.C17H23BrN4OS/c1-9-11-12-25(10-2)20-15(5)13(3)19(14(4)16(20)6)23-24-21-22-17(7)18(8)26-21;1-4-6-11-22(12-7-5-2)16-8-9-17(15(3)14-16)20-21-18-19-10-13-23-18;1-5-7-22(8-6-2)14-9-12(3)13(10-15(14)23-4)20-21-17-19-11-16(18)24-17/h9-12H2,1-8H3;8-10,13-14H,4-7,11-12H2,1-3H3;9-11H,5-8H2,1-4H3. The van der Waals surface area contributed by atoms with E-state index in [0.29, 0.717) is 10.3 Å². The number of methoxy groups -OCH3 is 1. The molecule has 0 atom stereocenters. The molecule has 0 bridgehead atoms. The Labute approximate surface area is 457 Å². The lowest BCUT2D eigenvalue weighted by molar-refractivity contribution is 0.414. The molecule has 396 valence electrons. The van der Waals surface area contributed by atoms with Crippen LogP contribution in [0.1, 0.15) is 137 Å². The second-order valence-electron chi connectivity index (χ2n) is 18.1. The molecule has 0 unspecified atom stereocenters. The number of nitrogens with zero attached hydrogens (tertiary/aromatic N) is 12. The van der Waals surface area contributed by atoms with E-state index in [1.807, 2.05) is 25.3 Å². The number of rotatable bonds is 24. The molecule has 0 spiro atoms. The summed E-state index contributed by atoms with van der Waals surface area (Å²) in [5, 5.41) is 30.1. The Morgan fingerprint density at radius 2 is 1.16 bits per heavy atom. The highest BCUT2D eigenvalue weighted by atomic mass is 79.9. The van der Waals surface area contributed by atoms with Crippen molar-refractivity contribution in [2.75, 3.05) is 61.1 Å². The smallest absolute Gasteiger partial charge is 0.230 e. The molecule has 6 rings (SSSR count). The van der Waals surface area contributed by atoms with Crippen molar-refractivity contribution < 1.29 is 4.74 Å². The summed E-state index contributed by atoms with van der Waals surface area (Å²) in [5.41, 5.74) is 14.8. The molecular weight excluding hydrogens is 1030 g/mol. The van der Waals surface area contributed by atoms with Gasteiger partial charge in [0.1, 0.15) is 5.75 Å². The second kappa shape index (κ2) is 31.7. The first-order valence-corrected chi connectivity index (χ1v) is 29.3. The molecule has 0 aliphatic rings. The zero-order chi connectivity index (χ0) is 53.5. The Morgan fingerprint density at radius 1 is 0.575 bits per heavy atom. The van der Waals surface area contributed by atoms with Crippen LogP contribution in [-0.4, -0.2) is 61.3 Å². The minimum Gasteiger partial charge on any atom is -0.495 e. The van der Waals surface area contributed by atoms with Crippen molar-refractivity contribution in [2.24, 2.45) is 30.7 Å². The summed E-state index contributed by atoms with van der Waals surface area (Å²) in [6.07, 6.45) is 13.0. The lowest BCUT2D eigenvalue weighted by Gasteiger charge is -2.29. The third-order valence-corrected chi connectivity index (χ3v) is 15.6. The van der Waals surface area contributed by atoms with Gasteiger partial charge >= 0.3 is 0 Å². The first-order chi connectivity index (χ1) is 35.1. The highest BCUT2D eigenvalue weighted by molar-refractivity contribution is 9.11. The van der Waals surface area contributed by atoms with Crippen LogP contribution < -0.4 is 19.4 Å². The van der Waals surface area contributed by atoms with Gasteiger partial charge in [-0.3, -0.25) is 0 Å². The molecule has 17 heteroatoms. The molecule has 0 fully saturated rings. The van der Waals surface area contributed by atoms with E-state index in [9.17, 15) is 0 Å². The molecule has 0 radical (unpaired) electrons. The SMILES string of the molecule is CCCCN(CC)c1c(C)c(C)c(N=Nc2nc(C)c(C)s2)c(C)c1C.CCCCN(CCCC)c1ccc(N=Nc2nccs2)c(C)c1.CCCN(CCC)c1cc(C)c(N=Nc2ncc(Br)s2)cc1OC. The van der Waals surface area contributed by atoms with E-state index in [1.54, 1.807) is 30.8 Å². The summed E-state index contributed by atoms with van der Waals surface area (Å²) in [4.78, 5) is 21.3. The summed E-state index contributed by atoms with van der Waals surface area (Å²) in [5.74, 6) is 0.830. The number of azo groups is 3. The maximum atomic E-state index is 5.61. The average Bonchev–Trinajstić information content (AvgIpc) is 4.15. The van der Waals surface area contributed by atoms with Crippen LogP contribution in [0.2, 0.25) is 0 Å². The molecule has 0 aliphatic heterocycles. The molecule has 0 saturated heterocycles. The average molecular weight is 1110 g/mol. The van der Waals surface area contributed by atoms with E-state index in [4.69, 9.17) is 4.74 Å².